The summed E-state index contributed by atoms with van der Waals surface area (Å²) in [6.45, 7) is 4.63. The van der Waals surface area contributed by atoms with Gasteiger partial charge in [0, 0.05) is 10.0 Å². The maximum absolute atomic E-state index is 12.7. The van der Waals surface area contributed by atoms with Gasteiger partial charge in [0.2, 0.25) is 0 Å². The van der Waals surface area contributed by atoms with Crippen LogP contribution >= 0.6 is 15.9 Å². The van der Waals surface area contributed by atoms with E-state index < -0.39 is 0 Å². The van der Waals surface area contributed by atoms with Gasteiger partial charge in [0.05, 0.1) is 12.2 Å². The topological polar surface area (TPSA) is 26.3 Å². The fraction of sp³-hybridized carbons (Fsp3) is 0.235. The van der Waals surface area contributed by atoms with Crippen LogP contribution in [0.5, 0.6) is 5.75 Å². The average Bonchev–Trinajstić information content (AvgIpc) is 2.47. The lowest BCUT2D eigenvalue weighted by Gasteiger charge is -2.11. The van der Waals surface area contributed by atoms with Gasteiger partial charge in [0.1, 0.15) is 5.75 Å². The van der Waals surface area contributed by atoms with E-state index in [1.807, 2.05) is 56.3 Å². The Morgan fingerprint density at radius 2 is 1.80 bits per heavy atom. The molecule has 0 saturated heterocycles. The predicted octanol–water partition coefficient (Wildman–Crippen LogP) is 4.78. The molecule has 20 heavy (non-hydrogen) atoms. The third-order valence-corrected chi connectivity index (χ3v) is 4.08. The van der Waals surface area contributed by atoms with Crippen LogP contribution in [0.25, 0.3) is 0 Å². The molecule has 0 aliphatic heterocycles. The van der Waals surface area contributed by atoms with E-state index in [1.54, 1.807) is 0 Å². The highest BCUT2D eigenvalue weighted by Crippen LogP contribution is 2.27. The highest BCUT2D eigenvalue weighted by Gasteiger charge is 2.17. The molecule has 2 rings (SSSR count). The highest BCUT2D eigenvalue weighted by molar-refractivity contribution is 9.10. The van der Waals surface area contributed by atoms with E-state index >= 15 is 0 Å². The van der Waals surface area contributed by atoms with Gasteiger partial charge in [0.25, 0.3) is 0 Å². The fourth-order valence-electron chi connectivity index (χ4n) is 1.96. The molecule has 0 atom stereocenters. The molecule has 2 aromatic carbocycles. The van der Waals surface area contributed by atoms with Crippen molar-refractivity contribution in [2.45, 2.75) is 20.3 Å². The third-order valence-electron chi connectivity index (χ3n) is 3.03. The SMILES string of the molecule is CCCOc1ccccc1C(=O)c1cccc(C)c1Br. The predicted molar refractivity (Wildman–Crippen MR) is 84.5 cm³/mol. The van der Waals surface area contributed by atoms with E-state index in [4.69, 9.17) is 4.74 Å². The Labute approximate surface area is 127 Å². The minimum atomic E-state index is -0.0210. The highest BCUT2D eigenvalue weighted by atomic mass is 79.9. The normalized spacial score (nSPS) is 10.3. The zero-order valence-electron chi connectivity index (χ0n) is 11.7. The van der Waals surface area contributed by atoms with Gasteiger partial charge in [-0.05, 0) is 53.0 Å². The first kappa shape index (κ1) is 14.8. The number of ketones is 1. The number of carbonyl (C=O) groups is 1. The van der Waals surface area contributed by atoms with Crippen molar-refractivity contribution in [3.05, 3.63) is 63.6 Å². The molecule has 0 fully saturated rings. The van der Waals surface area contributed by atoms with Gasteiger partial charge < -0.3 is 4.74 Å². The van der Waals surface area contributed by atoms with Crippen molar-refractivity contribution < 1.29 is 9.53 Å². The van der Waals surface area contributed by atoms with Gasteiger partial charge in [-0.3, -0.25) is 4.79 Å². The van der Waals surface area contributed by atoms with Gasteiger partial charge in [-0.1, -0.05) is 31.2 Å². The summed E-state index contributed by atoms with van der Waals surface area (Å²) in [4.78, 5) is 12.7. The number of hydrogen-bond acceptors (Lipinski definition) is 2. The molecule has 2 aromatic rings. The lowest BCUT2D eigenvalue weighted by Crippen LogP contribution is -2.07. The van der Waals surface area contributed by atoms with Gasteiger partial charge in [0.15, 0.2) is 5.78 Å². The first-order valence-electron chi connectivity index (χ1n) is 6.66. The number of hydrogen-bond donors (Lipinski definition) is 0. The van der Waals surface area contributed by atoms with E-state index in [0.717, 1.165) is 16.5 Å². The van der Waals surface area contributed by atoms with Crippen LogP contribution in [0, 0.1) is 6.92 Å². The number of rotatable bonds is 5. The quantitative estimate of drug-likeness (QED) is 0.736. The van der Waals surface area contributed by atoms with Gasteiger partial charge in [-0.15, -0.1) is 0 Å². The first-order valence-corrected chi connectivity index (χ1v) is 7.46. The summed E-state index contributed by atoms with van der Waals surface area (Å²) in [5, 5.41) is 0. The molecule has 2 nitrogen and oxygen atoms in total. The van der Waals surface area contributed by atoms with E-state index in [2.05, 4.69) is 15.9 Å². The molecular weight excluding hydrogens is 316 g/mol. The smallest absolute Gasteiger partial charge is 0.197 e. The molecule has 104 valence electrons. The van der Waals surface area contributed by atoms with Crippen molar-refractivity contribution in [3.63, 3.8) is 0 Å². The van der Waals surface area contributed by atoms with E-state index in [-0.39, 0.29) is 5.78 Å². The molecule has 0 N–H and O–H groups in total. The monoisotopic (exact) mass is 332 g/mol. The number of aryl methyl sites for hydroxylation is 1. The van der Waals surface area contributed by atoms with Crippen LogP contribution in [0.15, 0.2) is 46.9 Å². The molecule has 0 amide bonds. The summed E-state index contributed by atoms with van der Waals surface area (Å²) in [6, 6.07) is 13.1. The molecule has 0 aromatic heterocycles. The van der Waals surface area contributed by atoms with Gasteiger partial charge in [-0.2, -0.15) is 0 Å². The van der Waals surface area contributed by atoms with Crippen LogP contribution in [0.2, 0.25) is 0 Å². The maximum Gasteiger partial charge on any atom is 0.197 e. The average molecular weight is 333 g/mol. The Bertz CT molecular complexity index is 620. The second kappa shape index (κ2) is 6.71. The standard InChI is InChI=1S/C17H17BrO2/c1-3-11-20-15-10-5-4-8-13(15)17(19)14-9-6-7-12(2)16(14)18/h4-10H,3,11H2,1-2H3. The number of para-hydroxylation sites is 1. The van der Waals surface area contributed by atoms with E-state index in [9.17, 15) is 4.79 Å². The number of carbonyl (C=O) groups excluding carboxylic acids is 1. The van der Waals surface area contributed by atoms with Gasteiger partial charge >= 0.3 is 0 Å². The minimum absolute atomic E-state index is 0.0210. The van der Waals surface area contributed by atoms with Crippen molar-refractivity contribution >= 4 is 21.7 Å². The molecule has 0 unspecified atom stereocenters. The van der Waals surface area contributed by atoms with Crippen LogP contribution < -0.4 is 4.74 Å². The van der Waals surface area contributed by atoms with Crippen molar-refractivity contribution in [2.75, 3.05) is 6.61 Å². The largest absolute Gasteiger partial charge is 0.493 e. The molecule has 0 aliphatic carbocycles. The summed E-state index contributed by atoms with van der Waals surface area (Å²) in [5.74, 6) is 0.625. The van der Waals surface area contributed by atoms with E-state index in [1.165, 1.54) is 0 Å². The fourth-order valence-corrected chi connectivity index (χ4v) is 2.40. The molecule has 0 heterocycles. The van der Waals surface area contributed by atoms with Gasteiger partial charge in [-0.25, -0.2) is 0 Å². The maximum atomic E-state index is 12.7. The summed E-state index contributed by atoms with van der Waals surface area (Å²) >= 11 is 3.49. The Morgan fingerprint density at radius 1 is 1.10 bits per heavy atom. The third kappa shape index (κ3) is 3.10. The molecular formula is C17H17BrO2. The zero-order chi connectivity index (χ0) is 14.5. The minimum Gasteiger partial charge on any atom is -0.493 e. The van der Waals surface area contributed by atoms with E-state index in [0.29, 0.717) is 23.5 Å². The molecule has 0 saturated carbocycles. The Hall–Kier alpha value is -1.61. The number of ether oxygens (including phenoxy) is 1. The molecule has 0 bridgehead atoms. The van der Waals surface area contributed by atoms with Crippen molar-refractivity contribution in [3.8, 4) is 5.75 Å². The summed E-state index contributed by atoms with van der Waals surface area (Å²) in [6.07, 6.45) is 0.913. The Balaban J connectivity index is 2.40. The second-order valence-electron chi connectivity index (χ2n) is 4.61. The van der Waals surface area contributed by atoms with Crippen LogP contribution in [0.3, 0.4) is 0 Å². The summed E-state index contributed by atoms with van der Waals surface area (Å²) < 4.78 is 6.51. The Kier molecular flexibility index (Phi) is 4.96. The van der Waals surface area contributed by atoms with Crippen LogP contribution in [0.4, 0.5) is 0 Å². The van der Waals surface area contributed by atoms with Crippen LogP contribution in [-0.2, 0) is 0 Å². The zero-order valence-corrected chi connectivity index (χ0v) is 13.2. The van der Waals surface area contributed by atoms with Crippen LogP contribution in [0.1, 0.15) is 34.8 Å². The number of benzene rings is 2. The van der Waals surface area contributed by atoms with Crippen molar-refractivity contribution in [2.24, 2.45) is 0 Å². The summed E-state index contributed by atoms with van der Waals surface area (Å²) in [5.41, 5.74) is 2.31. The second-order valence-corrected chi connectivity index (χ2v) is 5.40. The van der Waals surface area contributed by atoms with Crippen LogP contribution in [-0.4, -0.2) is 12.4 Å². The lowest BCUT2D eigenvalue weighted by molar-refractivity contribution is 0.103. The lowest BCUT2D eigenvalue weighted by atomic mass is 10.0. The van der Waals surface area contributed by atoms with Crippen molar-refractivity contribution in [1.82, 2.24) is 0 Å². The summed E-state index contributed by atoms with van der Waals surface area (Å²) in [7, 11) is 0. The first-order chi connectivity index (χ1) is 9.65. The van der Waals surface area contributed by atoms with Crippen molar-refractivity contribution in [1.29, 1.82) is 0 Å². The molecule has 0 spiro atoms. The molecule has 0 radical (unpaired) electrons. The molecule has 0 aliphatic rings. The Morgan fingerprint density at radius 3 is 2.55 bits per heavy atom. The number of halogens is 1. The molecule has 3 heteroatoms.